The smallest absolute Gasteiger partial charge is 0.292 e. The Morgan fingerprint density at radius 3 is 2.67 bits per heavy atom. The van der Waals surface area contributed by atoms with Gasteiger partial charge in [-0.25, -0.2) is 0 Å². The number of halogens is 3. The van der Waals surface area contributed by atoms with Crippen molar-refractivity contribution in [1.82, 2.24) is 0 Å². The van der Waals surface area contributed by atoms with Gasteiger partial charge >= 0.3 is 0 Å². The second-order valence-electron chi connectivity index (χ2n) is 1.89. The van der Waals surface area contributed by atoms with Gasteiger partial charge in [-0.1, -0.05) is 23.2 Å². The molecule has 0 aliphatic heterocycles. The fraction of sp³-hybridized carbons (Fsp3) is 0. The maximum atomic E-state index is 8.25. The van der Waals surface area contributed by atoms with Gasteiger partial charge in [0.1, 0.15) is 0 Å². The molecule has 0 unspecified atom stereocenters. The summed E-state index contributed by atoms with van der Waals surface area (Å²) in [6, 6.07) is 3.05. The van der Waals surface area contributed by atoms with Gasteiger partial charge in [0.25, 0.3) is 6.26 Å². The summed E-state index contributed by atoms with van der Waals surface area (Å²) < 4.78 is 5.11. The minimum absolute atomic E-state index is 0.315. The Labute approximate surface area is 87.8 Å². The molecule has 1 aromatic carbocycles. The third kappa shape index (κ3) is 2.04. The predicted octanol–water partition coefficient (Wildman–Crippen LogP) is 3.62. The fourth-order valence-corrected chi connectivity index (χ4v) is 1.44. The first-order chi connectivity index (χ1) is 5.65. The average Bonchev–Trinajstić information content (AvgIpc) is 2.00. The lowest BCUT2D eigenvalue weighted by atomic mass is 10.3. The van der Waals surface area contributed by atoms with Crippen molar-refractivity contribution in [3.8, 4) is 12.0 Å². The molecule has 0 spiro atoms. The highest BCUT2D eigenvalue weighted by molar-refractivity contribution is 9.10. The molecule has 62 valence electrons. The van der Waals surface area contributed by atoms with E-state index in [2.05, 4.69) is 20.7 Å². The minimum Gasteiger partial charge on any atom is -0.387 e. The predicted molar refractivity (Wildman–Crippen MR) is 50.4 cm³/mol. The highest BCUT2D eigenvalue weighted by atomic mass is 79.9. The van der Waals surface area contributed by atoms with Gasteiger partial charge in [-0.05, 0) is 22.0 Å². The van der Waals surface area contributed by atoms with E-state index in [0.717, 1.165) is 0 Å². The van der Waals surface area contributed by atoms with E-state index in [0.29, 0.717) is 20.3 Å². The van der Waals surface area contributed by atoms with Gasteiger partial charge in [0.15, 0.2) is 5.75 Å². The minimum atomic E-state index is 0.315. The monoisotopic (exact) mass is 265 g/mol. The van der Waals surface area contributed by atoms with Crippen LogP contribution in [0.5, 0.6) is 5.75 Å². The first-order valence-electron chi connectivity index (χ1n) is 2.85. The van der Waals surface area contributed by atoms with E-state index in [4.69, 9.17) is 28.5 Å². The number of rotatable bonds is 1. The lowest BCUT2D eigenvalue weighted by Crippen LogP contribution is -1.84. The van der Waals surface area contributed by atoms with Gasteiger partial charge in [0.05, 0.1) is 9.50 Å². The molecule has 5 heteroatoms. The topological polar surface area (TPSA) is 33.0 Å². The van der Waals surface area contributed by atoms with Crippen LogP contribution in [0.4, 0.5) is 0 Å². The molecule has 0 heterocycles. The van der Waals surface area contributed by atoms with Crippen LogP contribution < -0.4 is 4.74 Å². The Morgan fingerprint density at radius 1 is 1.42 bits per heavy atom. The highest BCUT2D eigenvalue weighted by Gasteiger charge is 2.07. The lowest BCUT2D eigenvalue weighted by molar-refractivity contribution is 0.504. The van der Waals surface area contributed by atoms with Crippen LogP contribution in [-0.4, -0.2) is 0 Å². The van der Waals surface area contributed by atoms with Crippen molar-refractivity contribution >= 4 is 39.1 Å². The van der Waals surface area contributed by atoms with Crippen molar-refractivity contribution in [3.63, 3.8) is 0 Å². The average molecular weight is 267 g/mol. The van der Waals surface area contributed by atoms with E-state index in [1.807, 2.05) is 0 Å². The van der Waals surface area contributed by atoms with Gasteiger partial charge in [-0.2, -0.15) is 0 Å². The first kappa shape index (κ1) is 9.66. The number of nitriles is 1. The number of benzene rings is 1. The third-order valence-corrected chi connectivity index (χ3v) is 2.68. The van der Waals surface area contributed by atoms with Crippen molar-refractivity contribution in [1.29, 1.82) is 5.26 Å². The van der Waals surface area contributed by atoms with Crippen molar-refractivity contribution in [2.45, 2.75) is 0 Å². The molecule has 2 nitrogen and oxygen atoms in total. The van der Waals surface area contributed by atoms with Gasteiger partial charge in [0, 0.05) is 11.1 Å². The number of hydrogen-bond donors (Lipinski definition) is 0. The molecule has 1 rings (SSSR count). The SMILES string of the molecule is N#COc1cc(Cl)cc(Cl)c1Br. The van der Waals surface area contributed by atoms with Crippen molar-refractivity contribution < 1.29 is 4.74 Å². The van der Waals surface area contributed by atoms with Crippen LogP contribution in [-0.2, 0) is 0 Å². The molecule has 12 heavy (non-hydrogen) atoms. The van der Waals surface area contributed by atoms with Crippen molar-refractivity contribution in [3.05, 3.63) is 26.7 Å². The largest absolute Gasteiger partial charge is 0.387 e. The van der Waals surface area contributed by atoms with Crippen LogP contribution in [0.15, 0.2) is 16.6 Å². The third-order valence-electron chi connectivity index (χ3n) is 1.12. The van der Waals surface area contributed by atoms with E-state index >= 15 is 0 Å². The number of nitrogens with zero attached hydrogens (tertiary/aromatic N) is 1. The van der Waals surface area contributed by atoms with E-state index in [-0.39, 0.29) is 0 Å². The molecule has 0 aliphatic rings. The van der Waals surface area contributed by atoms with Crippen LogP contribution in [0.3, 0.4) is 0 Å². The van der Waals surface area contributed by atoms with E-state index in [1.54, 1.807) is 6.07 Å². The van der Waals surface area contributed by atoms with Crippen LogP contribution in [0.1, 0.15) is 0 Å². The Hall–Kier alpha value is -0.430. The Bertz CT molecular complexity index is 348. The summed E-state index contributed by atoms with van der Waals surface area (Å²) >= 11 is 14.5. The van der Waals surface area contributed by atoms with Crippen molar-refractivity contribution in [2.75, 3.05) is 0 Å². The Kier molecular flexibility index (Phi) is 3.21. The zero-order valence-electron chi connectivity index (χ0n) is 5.64. The molecule has 0 aromatic heterocycles. The van der Waals surface area contributed by atoms with Crippen molar-refractivity contribution in [2.24, 2.45) is 0 Å². The zero-order chi connectivity index (χ0) is 9.14. The second-order valence-corrected chi connectivity index (χ2v) is 3.53. The molecule has 0 fully saturated rings. The summed E-state index contributed by atoms with van der Waals surface area (Å²) in [5, 5.41) is 9.08. The van der Waals surface area contributed by atoms with Crippen LogP contribution >= 0.6 is 39.1 Å². The zero-order valence-corrected chi connectivity index (χ0v) is 8.74. The molecule has 0 N–H and O–H groups in total. The lowest BCUT2D eigenvalue weighted by Gasteiger charge is -2.01. The molecular formula is C7H2BrCl2NO. The molecule has 0 saturated carbocycles. The number of hydrogen-bond acceptors (Lipinski definition) is 2. The molecule has 0 bridgehead atoms. The molecule has 0 radical (unpaired) electrons. The summed E-state index contributed by atoms with van der Waals surface area (Å²) in [5.74, 6) is 0.315. The molecule has 0 amide bonds. The summed E-state index contributed by atoms with van der Waals surface area (Å²) in [7, 11) is 0. The van der Waals surface area contributed by atoms with Crippen LogP contribution in [0, 0.1) is 11.5 Å². The first-order valence-corrected chi connectivity index (χ1v) is 4.40. The number of ether oxygens (including phenoxy) is 1. The van der Waals surface area contributed by atoms with E-state index in [9.17, 15) is 0 Å². The maximum absolute atomic E-state index is 8.25. The van der Waals surface area contributed by atoms with Crippen LogP contribution in [0.2, 0.25) is 10.0 Å². The fourth-order valence-electron chi connectivity index (χ4n) is 0.656. The summed E-state index contributed by atoms with van der Waals surface area (Å²) in [6.07, 6.45) is 1.53. The highest BCUT2D eigenvalue weighted by Crippen LogP contribution is 2.35. The van der Waals surface area contributed by atoms with Gasteiger partial charge in [0.2, 0.25) is 0 Å². The molecule has 1 aromatic rings. The molecule has 0 aliphatic carbocycles. The Morgan fingerprint density at radius 2 is 2.08 bits per heavy atom. The van der Waals surface area contributed by atoms with E-state index in [1.165, 1.54) is 12.3 Å². The second kappa shape index (κ2) is 3.99. The molecule has 0 atom stereocenters. The Balaban J connectivity index is 3.20. The molecule has 0 saturated heterocycles. The van der Waals surface area contributed by atoms with E-state index < -0.39 is 0 Å². The summed E-state index contributed by atoms with van der Waals surface area (Å²) in [4.78, 5) is 0. The van der Waals surface area contributed by atoms with Gasteiger partial charge in [-0.3, -0.25) is 0 Å². The summed E-state index contributed by atoms with van der Waals surface area (Å²) in [5.41, 5.74) is 0. The quantitative estimate of drug-likeness (QED) is 0.575. The molecular weight excluding hydrogens is 265 g/mol. The summed E-state index contributed by atoms with van der Waals surface area (Å²) in [6.45, 7) is 0. The van der Waals surface area contributed by atoms with Gasteiger partial charge < -0.3 is 4.74 Å². The van der Waals surface area contributed by atoms with Crippen LogP contribution in [0.25, 0.3) is 0 Å². The standard InChI is InChI=1S/C7H2BrCl2NO/c8-7-5(10)1-4(9)2-6(7)12-3-11/h1-2H. The normalized spacial score (nSPS) is 9.17. The van der Waals surface area contributed by atoms with Gasteiger partial charge in [-0.15, -0.1) is 5.26 Å². The maximum Gasteiger partial charge on any atom is 0.292 e.